The Morgan fingerprint density at radius 1 is 1.82 bits per heavy atom. The van der Waals surface area contributed by atoms with Gasteiger partial charge in [0.1, 0.15) is 5.82 Å². The van der Waals surface area contributed by atoms with E-state index in [1.54, 1.807) is 0 Å². The number of rotatable bonds is 3. The van der Waals surface area contributed by atoms with Gasteiger partial charge >= 0.3 is 0 Å². The Kier molecular flexibility index (Phi) is 1.66. The lowest BCUT2D eigenvalue weighted by Gasteiger charge is -2.01. The number of aromatic nitrogens is 2. The van der Waals surface area contributed by atoms with E-state index in [0.717, 1.165) is 25.4 Å². The minimum absolute atomic E-state index is 0.453. The molecule has 11 heavy (non-hydrogen) atoms. The molecule has 0 unspecified atom stereocenters. The molecule has 0 bridgehead atoms. The lowest BCUT2D eigenvalue weighted by atomic mass is 10.4. The van der Waals surface area contributed by atoms with E-state index in [0.29, 0.717) is 6.10 Å². The normalized spacial score (nSPS) is 22.1. The molecular weight excluding hydrogens is 140 g/mol. The third-order valence-corrected chi connectivity index (χ3v) is 1.92. The first-order valence-electron chi connectivity index (χ1n) is 4.01. The maximum Gasteiger partial charge on any atom is 0.108 e. The topological polar surface area (TPSA) is 30.4 Å². The Balaban J connectivity index is 2.07. The van der Waals surface area contributed by atoms with Crippen molar-refractivity contribution in [1.29, 1.82) is 0 Å². The molecule has 1 aromatic rings. The van der Waals surface area contributed by atoms with Gasteiger partial charge in [-0.15, -0.1) is 0 Å². The lowest BCUT2D eigenvalue weighted by Crippen LogP contribution is -2.06. The van der Waals surface area contributed by atoms with Gasteiger partial charge in [-0.25, -0.2) is 4.98 Å². The van der Waals surface area contributed by atoms with Crippen LogP contribution in [0.5, 0.6) is 0 Å². The number of aryl methyl sites for hydroxylation is 1. The van der Waals surface area contributed by atoms with Crippen molar-refractivity contribution in [2.45, 2.75) is 26.0 Å². The summed E-state index contributed by atoms with van der Waals surface area (Å²) in [5, 5.41) is 0. The second-order valence-electron chi connectivity index (χ2n) is 2.80. The average molecular weight is 152 g/mol. The molecule has 2 rings (SSSR count). The summed E-state index contributed by atoms with van der Waals surface area (Å²) < 4.78 is 7.30. The zero-order chi connectivity index (χ0) is 7.68. The number of imidazole rings is 1. The fourth-order valence-corrected chi connectivity index (χ4v) is 1.21. The Bertz CT molecular complexity index is 240. The van der Waals surface area contributed by atoms with E-state index < -0.39 is 0 Å². The van der Waals surface area contributed by atoms with E-state index >= 15 is 0 Å². The van der Waals surface area contributed by atoms with Crippen LogP contribution < -0.4 is 0 Å². The highest BCUT2D eigenvalue weighted by Crippen LogP contribution is 2.12. The molecule has 0 saturated carbocycles. The van der Waals surface area contributed by atoms with Crippen molar-refractivity contribution in [3.05, 3.63) is 18.2 Å². The molecule has 0 N–H and O–H groups in total. The van der Waals surface area contributed by atoms with Crippen LogP contribution in [0.3, 0.4) is 0 Å². The van der Waals surface area contributed by atoms with Gasteiger partial charge in [0.2, 0.25) is 0 Å². The second-order valence-corrected chi connectivity index (χ2v) is 2.80. The van der Waals surface area contributed by atoms with Crippen molar-refractivity contribution in [1.82, 2.24) is 9.55 Å². The summed E-state index contributed by atoms with van der Waals surface area (Å²) in [5.74, 6) is 1.15. The molecule has 60 valence electrons. The van der Waals surface area contributed by atoms with E-state index in [1.807, 2.05) is 12.4 Å². The first kappa shape index (κ1) is 6.85. The van der Waals surface area contributed by atoms with Crippen LogP contribution in [0.1, 0.15) is 12.7 Å². The highest BCUT2D eigenvalue weighted by atomic mass is 16.6. The molecule has 1 atom stereocenters. The predicted octanol–water partition coefficient (Wildman–Crippen LogP) is 0.844. The van der Waals surface area contributed by atoms with Gasteiger partial charge in [-0.1, -0.05) is 6.92 Å². The Morgan fingerprint density at radius 2 is 2.64 bits per heavy atom. The van der Waals surface area contributed by atoms with Gasteiger partial charge in [0.05, 0.1) is 19.3 Å². The van der Waals surface area contributed by atoms with E-state index in [2.05, 4.69) is 16.5 Å². The Labute approximate surface area is 66.0 Å². The van der Waals surface area contributed by atoms with Crippen LogP contribution >= 0.6 is 0 Å². The summed E-state index contributed by atoms with van der Waals surface area (Å²) >= 11 is 0. The van der Waals surface area contributed by atoms with Crippen LogP contribution in [0.2, 0.25) is 0 Å². The average Bonchev–Trinajstić information content (AvgIpc) is 2.68. The zero-order valence-corrected chi connectivity index (χ0v) is 6.66. The van der Waals surface area contributed by atoms with Gasteiger partial charge in [0, 0.05) is 18.8 Å². The van der Waals surface area contributed by atoms with Crippen molar-refractivity contribution in [2.24, 2.45) is 0 Å². The van der Waals surface area contributed by atoms with Crippen LogP contribution in [0, 0.1) is 0 Å². The number of hydrogen-bond donors (Lipinski definition) is 0. The van der Waals surface area contributed by atoms with Crippen molar-refractivity contribution in [2.75, 3.05) is 6.61 Å². The monoisotopic (exact) mass is 152 g/mol. The molecule has 1 aliphatic rings. The quantitative estimate of drug-likeness (QED) is 0.601. The summed E-state index contributed by atoms with van der Waals surface area (Å²) in [4.78, 5) is 4.22. The van der Waals surface area contributed by atoms with Gasteiger partial charge < -0.3 is 9.30 Å². The molecule has 0 aliphatic carbocycles. The van der Waals surface area contributed by atoms with E-state index in [-0.39, 0.29) is 0 Å². The van der Waals surface area contributed by atoms with E-state index in [4.69, 9.17) is 4.74 Å². The molecule has 3 nitrogen and oxygen atoms in total. The number of nitrogens with zero attached hydrogens (tertiary/aromatic N) is 2. The molecular formula is C8H12N2O. The highest BCUT2D eigenvalue weighted by Gasteiger charge is 2.23. The molecule has 0 amide bonds. The standard InChI is InChI=1S/C8H12N2O/c1-2-8-9-3-4-10(8)5-7-6-11-7/h3-4,7H,2,5-6H2,1H3/t7-/m0/s1. The fourth-order valence-electron chi connectivity index (χ4n) is 1.21. The van der Waals surface area contributed by atoms with Crippen molar-refractivity contribution >= 4 is 0 Å². The first-order chi connectivity index (χ1) is 5.40. The van der Waals surface area contributed by atoms with E-state index in [9.17, 15) is 0 Å². The lowest BCUT2D eigenvalue weighted by molar-refractivity contribution is 0.380. The van der Waals surface area contributed by atoms with Gasteiger partial charge in [-0.2, -0.15) is 0 Å². The summed E-state index contributed by atoms with van der Waals surface area (Å²) in [6.07, 6.45) is 5.32. The third-order valence-electron chi connectivity index (χ3n) is 1.92. The predicted molar refractivity (Wildman–Crippen MR) is 41.3 cm³/mol. The van der Waals surface area contributed by atoms with Crippen LogP contribution in [0.15, 0.2) is 12.4 Å². The Hall–Kier alpha value is -0.830. The summed E-state index contributed by atoms with van der Waals surface area (Å²) in [7, 11) is 0. The number of epoxide rings is 1. The number of ether oxygens (including phenoxy) is 1. The molecule has 0 aromatic carbocycles. The summed E-state index contributed by atoms with van der Waals surface area (Å²) in [6.45, 7) is 4.01. The van der Waals surface area contributed by atoms with Crippen molar-refractivity contribution < 1.29 is 4.74 Å². The van der Waals surface area contributed by atoms with Crippen LogP contribution in [-0.4, -0.2) is 22.3 Å². The Morgan fingerprint density at radius 3 is 3.27 bits per heavy atom. The molecule has 0 radical (unpaired) electrons. The van der Waals surface area contributed by atoms with Crippen LogP contribution in [-0.2, 0) is 17.7 Å². The van der Waals surface area contributed by atoms with Gasteiger partial charge in [0.15, 0.2) is 0 Å². The summed E-state index contributed by atoms with van der Waals surface area (Å²) in [6, 6.07) is 0. The molecule has 0 spiro atoms. The highest BCUT2D eigenvalue weighted by molar-refractivity contribution is 4.93. The minimum atomic E-state index is 0.453. The minimum Gasteiger partial charge on any atom is -0.371 e. The second kappa shape index (κ2) is 2.66. The maximum absolute atomic E-state index is 5.13. The van der Waals surface area contributed by atoms with Gasteiger partial charge in [0.25, 0.3) is 0 Å². The van der Waals surface area contributed by atoms with Gasteiger partial charge in [-0.3, -0.25) is 0 Å². The first-order valence-corrected chi connectivity index (χ1v) is 4.01. The number of hydrogen-bond acceptors (Lipinski definition) is 2. The molecule has 1 fully saturated rings. The SMILES string of the molecule is CCc1nccn1C[C@H]1CO1. The molecule has 1 aromatic heterocycles. The van der Waals surface area contributed by atoms with Gasteiger partial charge in [-0.05, 0) is 0 Å². The third kappa shape index (κ3) is 1.43. The molecule has 1 aliphatic heterocycles. The molecule has 3 heteroatoms. The smallest absolute Gasteiger partial charge is 0.108 e. The maximum atomic E-state index is 5.13. The van der Waals surface area contributed by atoms with Crippen molar-refractivity contribution in [3.63, 3.8) is 0 Å². The van der Waals surface area contributed by atoms with E-state index in [1.165, 1.54) is 0 Å². The molecule has 1 saturated heterocycles. The van der Waals surface area contributed by atoms with Crippen LogP contribution in [0.4, 0.5) is 0 Å². The largest absolute Gasteiger partial charge is 0.371 e. The van der Waals surface area contributed by atoms with Crippen LogP contribution in [0.25, 0.3) is 0 Å². The molecule has 2 heterocycles. The summed E-state index contributed by atoms with van der Waals surface area (Å²) in [5.41, 5.74) is 0. The fraction of sp³-hybridized carbons (Fsp3) is 0.625. The van der Waals surface area contributed by atoms with Crippen molar-refractivity contribution in [3.8, 4) is 0 Å². The zero-order valence-electron chi connectivity index (χ0n) is 6.66.